The molecule has 3 aromatic carbocycles. The predicted molar refractivity (Wildman–Crippen MR) is 151 cm³/mol. The molecule has 0 N–H and O–H groups in total. The van der Waals surface area contributed by atoms with Crippen molar-refractivity contribution >= 4 is 0 Å². The first-order chi connectivity index (χ1) is 17.6. The van der Waals surface area contributed by atoms with E-state index in [0.29, 0.717) is 5.41 Å². The number of hydrogen-bond donors (Lipinski definition) is 0. The zero-order valence-corrected chi connectivity index (χ0v) is 21.8. The fraction of sp³-hybridized carbons (Fsp3) is 0.382. The maximum absolute atomic E-state index is 4.71. The molecule has 2 aliphatic carbocycles. The number of hydrogen-bond acceptors (Lipinski definition) is 1. The average molecular weight is 475 g/mol. The molecule has 0 amide bonds. The number of aryl methyl sites for hydroxylation is 1. The topological polar surface area (TPSA) is 17.8 Å². The summed E-state index contributed by atoms with van der Waals surface area (Å²) in [5.41, 5.74) is 9.78. The Bertz CT molecular complexity index is 1310. The van der Waals surface area contributed by atoms with Crippen LogP contribution in [-0.4, -0.2) is 9.55 Å². The lowest BCUT2D eigenvalue weighted by atomic mass is 9.62. The van der Waals surface area contributed by atoms with Gasteiger partial charge < -0.3 is 0 Å². The van der Waals surface area contributed by atoms with Crippen molar-refractivity contribution in [2.75, 3.05) is 0 Å². The summed E-state index contributed by atoms with van der Waals surface area (Å²) in [4.78, 5) is 4.71. The second kappa shape index (κ2) is 9.73. The summed E-state index contributed by atoms with van der Waals surface area (Å²) in [5, 5.41) is 0. The molecule has 2 nitrogen and oxygen atoms in total. The van der Waals surface area contributed by atoms with E-state index in [4.69, 9.17) is 4.98 Å². The van der Waals surface area contributed by atoms with Crippen molar-refractivity contribution in [2.45, 2.75) is 77.6 Å². The molecule has 0 saturated heterocycles. The first kappa shape index (κ1) is 23.3. The Balaban J connectivity index is 1.26. The molecular weight excluding hydrogens is 436 g/mol. The van der Waals surface area contributed by atoms with Crippen LogP contribution in [-0.2, 0) is 0 Å². The number of benzene rings is 3. The van der Waals surface area contributed by atoms with Crippen molar-refractivity contribution in [3.63, 3.8) is 0 Å². The highest BCUT2D eigenvalue weighted by Crippen LogP contribution is 2.51. The quantitative estimate of drug-likeness (QED) is 0.288. The van der Waals surface area contributed by atoms with Crippen LogP contribution >= 0.6 is 0 Å². The molecule has 6 rings (SSSR count). The zero-order valence-electron chi connectivity index (χ0n) is 21.8. The van der Waals surface area contributed by atoms with Gasteiger partial charge in [-0.3, -0.25) is 4.57 Å². The van der Waals surface area contributed by atoms with Crippen LogP contribution < -0.4 is 0 Å². The van der Waals surface area contributed by atoms with Gasteiger partial charge in [-0.1, -0.05) is 86.0 Å². The normalized spacial score (nSPS) is 17.9. The Kier molecular flexibility index (Phi) is 6.29. The second-order valence-corrected chi connectivity index (χ2v) is 11.3. The van der Waals surface area contributed by atoms with Crippen LogP contribution in [0.2, 0.25) is 0 Å². The Labute approximate surface area is 216 Å². The fourth-order valence-corrected chi connectivity index (χ4v) is 7.10. The van der Waals surface area contributed by atoms with E-state index in [9.17, 15) is 0 Å². The number of nitrogens with zero attached hydrogens (tertiary/aromatic N) is 2. The Morgan fingerprint density at radius 1 is 0.750 bits per heavy atom. The van der Waals surface area contributed by atoms with Gasteiger partial charge in [0.1, 0.15) is 5.82 Å². The van der Waals surface area contributed by atoms with Gasteiger partial charge in [-0.25, -0.2) is 4.98 Å². The maximum Gasteiger partial charge on any atom is 0.144 e. The van der Waals surface area contributed by atoms with Gasteiger partial charge in [-0.2, -0.15) is 0 Å². The van der Waals surface area contributed by atoms with Crippen molar-refractivity contribution in [2.24, 2.45) is 5.41 Å². The van der Waals surface area contributed by atoms with Crippen LogP contribution in [0.4, 0.5) is 0 Å². The van der Waals surface area contributed by atoms with Gasteiger partial charge in [0.25, 0.3) is 0 Å². The molecule has 0 atom stereocenters. The highest BCUT2D eigenvalue weighted by Gasteiger charge is 2.36. The smallest absolute Gasteiger partial charge is 0.144 e. The number of rotatable bonds is 4. The van der Waals surface area contributed by atoms with Gasteiger partial charge in [0.15, 0.2) is 0 Å². The van der Waals surface area contributed by atoms with Gasteiger partial charge in [-0.15, -0.1) is 0 Å². The third kappa shape index (κ3) is 4.32. The van der Waals surface area contributed by atoms with E-state index in [1.54, 1.807) is 0 Å². The number of imidazole rings is 1. The maximum atomic E-state index is 4.71. The largest absolute Gasteiger partial charge is 0.299 e. The Morgan fingerprint density at radius 3 is 2.19 bits per heavy atom. The summed E-state index contributed by atoms with van der Waals surface area (Å²) < 4.78 is 2.25. The highest BCUT2D eigenvalue weighted by atomic mass is 15.1. The van der Waals surface area contributed by atoms with Crippen LogP contribution in [0, 0.1) is 19.3 Å². The van der Waals surface area contributed by atoms with Gasteiger partial charge in [0.2, 0.25) is 0 Å². The summed E-state index contributed by atoms with van der Waals surface area (Å²) in [6, 6.07) is 24.5. The third-order valence-corrected chi connectivity index (χ3v) is 9.20. The summed E-state index contributed by atoms with van der Waals surface area (Å²) >= 11 is 0. The van der Waals surface area contributed by atoms with Gasteiger partial charge in [0, 0.05) is 18.0 Å². The van der Waals surface area contributed by atoms with Crippen molar-refractivity contribution in [3.05, 3.63) is 95.8 Å². The van der Waals surface area contributed by atoms with Crippen molar-refractivity contribution < 1.29 is 0 Å². The van der Waals surface area contributed by atoms with Crippen molar-refractivity contribution in [1.82, 2.24) is 9.55 Å². The van der Waals surface area contributed by atoms with Crippen LogP contribution in [0.15, 0.2) is 79.1 Å². The third-order valence-electron chi connectivity index (χ3n) is 9.20. The monoisotopic (exact) mass is 474 g/mol. The molecule has 0 radical (unpaired) electrons. The van der Waals surface area contributed by atoms with E-state index in [1.807, 2.05) is 6.20 Å². The first-order valence-electron chi connectivity index (χ1n) is 13.9. The standard InChI is InChI=1S/C34H38N2/c1-25-11-16-31(26(2)32(25)36-24-23-35-33(36)30-9-5-3-6-10-30)29-14-12-27(13-15-29)28-17-21-34(22-18-28)19-7-4-8-20-34/h3,5-6,9-16,23-24,28H,4,7-8,17-22H2,1-2H3. The van der Waals surface area contributed by atoms with Gasteiger partial charge in [0.05, 0.1) is 5.69 Å². The summed E-state index contributed by atoms with van der Waals surface area (Å²) in [5.74, 6) is 1.72. The molecule has 1 heterocycles. The molecule has 1 aromatic heterocycles. The molecular formula is C34H38N2. The van der Waals surface area contributed by atoms with E-state index >= 15 is 0 Å². The molecule has 184 valence electrons. The average Bonchev–Trinajstić information content (AvgIpc) is 3.40. The summed E-state index contributed by atoms with van der Waals surface area (Å²) in [6.45, 7) is 4.46. The molecule has 4 aromatic rings. The minimum atomic E-state index is 0.691. The predicted octanol–water partition coefficient (Wildman–Crippen LogP) is 9.43. The fourth-order valence-electron chi connectivity index (χ4n) is 7.10. The Morgan fingerprint density at radius 2 is 1.47 bits per heavy atom. The van der Waals surface area contributed by atoms with Crippen LogP contribution in [0.1, 0.15) is 80.4 Å². The highest BCUT2D eigenvalue weighted by molar-refractivity contribution is 5.74. The minimum absolute atomic E-state index is 0.691. The molecule has 2 fully saturated rings. The number of aromatic nitrogens is 2. The van der Waals surface area contributed by atoms with E-state index in [2.05, 4.69) is 91.3 Å². The molecule has 2 heteroatoms. The van der Waals surface area contributed by atoms with Crippen LogP contribution in [0.25, 0.3) is 28.2 Å². The van der Waals surface area contributed by atoms with Crippen LogP contribution in [0.5, 0.6) is 0 Å². The Hall–Kier alpha value is -3.13. The summed E-state index contributed by atoms with van der Waals surface area (Å²) in [7, 11) is 0. The van der Waals surface area contributed by atoms with E-state index in [0.717, 1.165) is 17.3 Å². The zero-order chi connectivity index (χ0) is 24.5. The lowest BCUT2D eigenvalue weighted by molar-refractivity contribution is 0.114. The van der Waals surface area contributed by atoms with Crippen molar-refractivity contribution in [3.8, 4) is 28.2 Å². The summed E-state index contributed by atoms with van der Waals surface area (Å²) in [6.07, 6.45) is 17.0. The molecule has 2 aliphatic rings. The molecule has 2 saturated carbocycles. The lowest BCUT2D eigenvalue weighted by Gasteiger charge is -2.43. The SMILES string of the molecule is Cc1ccc(-c2ccc(C3CCC4(CCCCC4)CC3)cc2)c(C)c1-n1ccnc1-c1ccccc1. The second-order valence-electron chi connectivity index (χ2n) is 11.3. The molecule has 0 aliphatic heterocycles. The van der Waals surface area contributed by atoms with Crippen molar-refractivity contribution in [1.29, 1.82) is 0 Å². The first-order valence-corrected chi connectivity index (χ1v) is 13.9. The van der Waals surface area contributed by atoms with E-state index in [1.165, 1.54) is 91.3 Å². The van der Waals surface area contributed by atoms with Crippen LogP contribution in [0.3, 0.4) is 0 Å². The van der Waals surface area contributed by atoms with E-state index in [-0.39, 0.29) is 0 Å². The van der Waals surface area contributed by atoms with Gasteiger partial charge in [-0.05, 0) is 91.5 Å². The van der Waals surface area contributed by atoms with E-state index < -0.39 is 0 Å². The molecule has 1 spiro atoms. The molecule has 0 unspecified atom stereocenters. The lowest BCUT2D eigenvalue weighted by Crippen LogP contribution is -2.29. The van der Waals surface area contributed by atoms with Gasteiger partial charge >= 0.3 is 0 Å². The molecule has 0 bridgehead atoms. The minimum Gasteiger partial charge on any atom is -0.299 e. The molecule has 36 heavy (non-hydrogen) atoms.